The van der Waals surface area contributed by atoms with Crippen molar-refractivity contribution in [2.45, 2.75) is 6.10 Å². The molecule has 1 atom stereocenters. The van der Waals surface area contributed by atoms with Gasteiger partial charge in [0.05, 0.1) is 0 Å². The quantitative estimate of drug-likeness (QED) is 0.790. The number of rotatable bonds is 1. The summed E-state index contributed by atoms with van der Waals surface area (Å²) < 4.78 is 18.2. The molecule has 0 fully saturated rings. The summed E-state index contributed by atoms with van der Waals surface area (Å²) in [4.78, 5) is 14.6. The maximum atomic E-state index is 13.3. The lowest BCUT2D eigenvalue weighted by molar-refractivity contribution is -0.123. The number of nitrogens with zero attached hydrogens (tertiary/aromatic N) is 1. The van der Waals surface area contributed by atoms with Gasteiger partial charge < -0.3 is 10.5 Å². The van der Waals surface area contributed by atoms with Crippen molar-refractivity contribution < 1.29 is 13.9 Å². The third-order valence-electron chi connectivity index (χ3n) is 1.92. The standard InChI is InChI=1S/C9H6ClFN2O2/c10-4-1-2-6(11)5(3-4)7-8(14)13-9(12)15-7/h1-3,7H,(H2,12,13,14). The van der Waals surface area contributed by atoms with Crippen LogP contribution in [0.3, 0.4) is 0 Å². The third kappa shape index (κ3) is 1.78. The maximum absolute atomic E-state index is 13.3. The first-order valence-electron chi connectivity index (χ1n) is 4.07. The molecule has 4 nitrogen and oxygen atoms in total. The van der Waals surface area contributed by atoms with Crippen LogP contribution in [0.5, 0.6) is 0 Å². The highest BCUT2D eigenvalue weighted by Gasteiger charge is 2.31. The Bertz CT molecular complexity index is 461. The van der Waals surface area contributed by atoms with E-state index in [1.807, 2.05) is 0 Å². The van der Waals surface area contributed by atoms with E-state index in [0.29, 0.717) is 5.02 Å². The number of aliphatic imine (C=N–C) groups is 1. The number of carbonyl (C=O) groups excluding carboxylic acids is 1. The van der Waals surface area contributed by atoms with Gasteiger partial charge in [0.2, 0.25) is 6.10 Å². The first-order chi connectivity index (χ1) is 7.08. The van der Waals surface area contributed by atoms with Crippen molar-refractivity contribution in [1.82, 2.24) is 0 Å². The zero-order valence-corrected chi connectivity index (χ0v) is 8.16. The van der Waals surface area contributed by atoms with Gasteiger partial charge in [-0.3, -0.25) is 4.79 Å². The minimum atomic E-state index is -1.12. The summed E-state index contributed by atoms with van der Waals surface area (Å²) in [5, 5.41) is 0.313. The molecular weight excluding hydrogens is 223 g/mol. The van der Waals surface area contributed by atoms with Crippen LogP contribution in [0.2, 0.25) is 5.02 Å². The van der Waals surface area contributed by atoms with E-state index in [-0.39, 0.29) is 11.6 Å². The Morgan fingerprint density at radius 3 is 2.87 bits per heavy atom. The smallest absolute Gasteiger partial charge is 0.296 e. The van der Waals surface area contributed by atoms with Crippen LogP contribution in [0.1, 0.15) is 11.7 Å². The second kappa shape index (κ2) is 3.51. The lowest BCUT2D eigenvalue weighted by Crippen LogP contribution is -2.15. The molecular formula is C9H6ClFN2O2. The molecule has 1 aliphatic rings. The minimum absolute atomic E-state index is 0.0386. The molecule has 1 heterocycles. The SMILES string of the molecule is NC1=NC(=O)C(c2cc(Cl)ccc2F)O1. The topological polar surface area (TPSA) is 64.7 Å². The van der Waals surface area contributed by atoms with E-state index in [2.05, 4.69) is 4.99 Å². The second-order valence-electron chi connectivity index (χ2n) is 2.95. The number of nitrogens with two attached hydrogens (primary N) is 1. The Hall–Kier alpha value is -1.62. The number of amidine groups is 1. The normalized spacial score (nSPS) is 20.0. The van der Waals surface area contributed by atoms with E-state index in [4.69, 9.17) is 22.1 Å². The highest BCUT2D eigenvalue weighted by molar-refractivity contribution is 6.30. The van der Waals surface area contributed by atoms with Gasteiger partial charge in [-0.2, -0.15) is 4.99 Å². The highest BCUT2D eigenvalue weighted by Crippen LogP contribution is 2.27. The fraction of sp³-hybridized carbons (Fsp3) is 0.111. The number of benzene rings is 1. The van der Waals surface area contributed by atoms with Crippen molar-refractivity contribution in [3.05, 3.63) is 34.6 Å². The zero-order chi connectivity index (χ0) is 11.0. The summed E-state index contributed by atoms with van der Waals surface area (Å²) in [5.74, 6) is -1.21. The molecule has 78 valence electrons. The van der Waals surface area contributed by atoms with Gasteiger partial charge in [-0.05, 0) is 18.2 Å². The predicted molar refractivity (Wildman–Crippen MR) is 51.9 cm³/mol. The average molecular weight is 229 g/mol. The minimum Gasteiger partial charge on any atom is -0.446 e. The molecule has 2 rings (SSSR count). The van der Waals surface area contributed by atoms with Gasteiger partial charge >= 0.3 is 0 Å². The summed E-state index contributed by atoms with van der Waals surface area (Å²) in [5.41, 5.74) is 5.23. The van der Waals surface area contributed by atoms with Crippen molar-refractivity contribution in [2.24, 2.45) is 10.7 Å². The number of halogens is 2. The van der Waals surface area contributed by atoms with E-state index < -0.39 is 17.8 Å². The molecule has 15 heavy (non-hydrogen) atoms. The van der Waals surface area contributed by atoms with Crippen molar-refractivity contribution in [2.75, 3.05) is 0 Å². The van der Waals surface area contributed by atoms with Crippen LogP contribution in [0.4, 0.5) is 4.39 Å². The molecule has 0 aliphatic carbocycles. The van der Waals surface area contributed by atoms with Crippen molar-refractivity contribution in [3.8, 4) is 0 Å². The molecule has 0 radical (unpaired) electrons. The summed E-state index contributed by atoms with van der Waals surface area (Å²) in [6, 6.07) is 3.59. The number of ether oxygens (including phenoxy) is 1. The van der Waals surface area contributed by atoms with Gasteiger partial charge in [-0.15, -0.1) is 0 Å². The molecule has 1 amide bonds. The number of hydrogen-bond donors (Lipinski definition) is 1. The van der Waals surface area contributed by atoms with Gasteiger partial charge in [0.1, 0.15) is 5.82 Å². The number of amides is 1. The molecule has 0 saturated heterocycles. The Morgan fingerprint density at radius 1 is 1.53 bits per heavy atom. The van der Waals surface area contributed by atoms with Crippen molar-refractivity contribution >= 4 is 23.5 Å². The Morgan fingerprint density at radius 2 is 2.27 bits per heavy atom. The van der Waals surface area contributed by atoms with Crippen LogP contribution in [0, 0.1) is 5.82 Å². The molecule has 1 unspecified atom stereocenters. The van der Waals surface area contributed by atoms with Gasteiger partial charge in [-0.1, -0.05) is 11.6 Å². The average Bonchev–Trinajstić information content (AvgIpc) is 2.50. The van der Waals surface area contributed by atoms with Crippen LogP contribution in [0.25, 0.3) is 0 Å². The van der Waals surface area contributed by atoms with Crippen LogP contribution < -0.4 is 5.73 Å². The zero-order valence-electron chi connectivity index (χ0n) is 7.41. The molecule has 6 heteroatoms. The van der Waals surface area contributed by atoms with E-state index in [1.165, 1.54) is 12.1 Å². The Kier molecular flexibility index (Phi) is 2.32. The van der Waals surface area contributed by atoms with Crippen LogP contribution >= 0.6 is 11.6 Å². The first kappa shape index (κ1) is 9.92. The number of hydrogen-bond acceptors (Lipinski definition) is 3. The molecule has 2 N–H and O–H groups in total. The first-order valence-corrected chi connectivity index (χ1v) is 4.45. The fourth-order valence-electron chi connectivity index (χ4n) is 1.28. The molecule has 0 spiro atoms. The van der Waals surface area contributed by atoms with E-state index >= 15 is 0 Å². The van der Waals surface area contributed by atoms with E-state index in [1.54, 1.807) is 0 Å². The lowest BCUT2D eigenvalue weighted by atomic mass is 10.1. The van der Waals surface area contributed by atoms with E-state index in [9.17, 15) is 9.18 Å². The van der Waals surface area contributed by atoms with Crippen LogP contribution in [-0.4, -0.2) is 11.9 Å². The summed E-state index contributed by atoms with van der Waals surface area (Å²) in [6.45, 7) is 0. The largest absolute Gasteiger partial charge is 0.446 e. The van der Waals surface area contributed by atoms with Crippen LogP contribution in [-0.2, 0) is 9.53 Å². The fourth-order valence-corrected chi connectivity index (χ4v) is 1.46. The second-order valence-corrected chi connectivity index (χ2v) is 3.39. The monoisotopic (exact) mass is 228 g/mol. The molecule has 0 saturated carbocycles. The number of carbonyl (C=O) groups is 1. The van der Waals surface area contributed by atoms with Gasteiger partial charge in [-0.25, -0.2) is 4.39 Å². The lowest BCUT2D eigenvalue weighted by Gasteiger charge is -2.09. The maximum Gasteiger partial charge on any atom is 0.296 e. The van der Waals surface area contributed by atoms with Crippen LogP contribution in [0.15, 0.2) is 23.2 Å². The van der Waals surface area contributed by atoms with Gasteiger partial charge in [0.25, 0.3) is 11.9 Å². The predicted octanol–water partition coefficient (Wildman–Crippen LogP) is 1.39. The summed E-state index contributed by atoms with van der Waals surface area (Å²) in [7, 11) is 0. The Balaban J connectivity index is 2.39. The van der Waals surface area contributed by atoms with E-state index in [0.717, 1.165) is 6.07 Å². The highest BCUT2D eigenvalue weighted by atomic mass is 35.5. The molecule has 1 aromatic rings. The molecule has 0 bridgehead atoms. The molecule has 0 aromatic heterocycles. The molecule has 1 aromatic carbocycles. The molecule has 1 aliphatic heterocycles. The van der Waals surface area contributed by atoms with Crippen molar-refractivity contribution in [1.29, 1.82) is 0 Å². The summed E-state index contributed by atoms with van der Waals surface area (Å²) >= 11 is 5.68. The third-order valence-corrected chi connectivity index (χ3v) is 2.16. The van der Waals surface area contributed by atoms with Gasteiger partial charge in [0.15, 0.2) is 0 Å². The Labute approximate surface area is 89.5 Å². The van der Waals surface area contributed by atoms with Crippen molar-refractivity contribution in [3.63, 3.8) is 0 Å². The van der Waals surface area contributed by atoms with Gasteiger partial charge in [0, 0.05) is 10.6 Å². The summed E-state index contributed by atoms with van der Waals surface area (Å²) in [6.07, 6.45) is -1.12.